The lowest BCUT2D eigenvalue weighted by Crippen LogP contribution is -2.40. The Labute approximate surface area is 129 Å². The molecule has 3 nitrogen and oxygen atoms in total. The fraction of sp³-hybridized carbons (Fsp3) is 0.462. The first-order valence-corrected chi connectivity index (χ1v) is 6.85. The Bertz CT molecular complexity index is 434. The summed E-state index contributed by atoms with van der Waals surface area (Å²) in [5, 5.41) is 7.17. The van der Waals surface area contributed by atoms with E-state index in [-0.39, 0.29) is 24.2 Å². The van der Waals surface area contributed by atoms with Gasteiger partial charge in [0.2, 0.25) is 5.91 Å². The molecular weight excluding hydrogens is 307 g/mol. The molecule has 0 saturated carbocycles. The Morgan fingerprint density at radius 2 is 2.21 bits per heavy atom. The highest BCUT2D eigenvalue weighted by atomic mass is 35.5. The van der Waals surface area contributed by atoms with Gasteiger partial charge in [0.1, 0.15) is 0 Å². The quantitative estimate of drug-likeness (QED) is 0.898. The SMILES string of the molecule is Cl.O=C(NCc1cccc(Cl)c1Cl)C1CCCNC1. The number of piperidine rings is 1. The summed E-state index contributed by atoms with van der Waals surface area (Å²) >= 11 is 12.0. The molecule has 0 bridgehead atoms. The zero-order valence-corrected chi connectivity index (χ0v) is 12.7. The normalized spacial score (nSPS) is 18.5. The van der Waals surface area contributed by atoms with Crippen LogP contribution in [0.1, 0.15) is 18.4 Å². The fourth-order valence-electron chi connectivity index (χ4n) is 2.09. The van der Waals surface area contributed by atoms with Crippen LogP contribution in [0.5, 0.6) is 0 Å². The van der Waals surface area contributed by atoms with Crippen LogP contribution in [0.3, 0.4) is 0 Å². The van der Waals surface area contributed by atoms with E-state index in [0.717, 1.165) is 31.5 Å². The Morgan fingerprint density at radius 1 is 1.42 bits per heavy atom. The highest BCUT2D eigenvalue weighted by Crippen LogP contribution is 2.25. The molecule has 0 aliphatic carbocycles. The first-order chi connectivity index (χ1) is 8.68. The van der Waals surface area contributed by atoms with Crippen molar-refractivity contribution in [3.8, 4) is 0 Å². The van der Waals surface area contributed by atoms with Crippen LogP contribution in [0.15, 0.2) is 18.2 Å². The zero-order valence-electron chi connectivity index (χ0n) is 10.4. The van der Waals surface area contributed by atoms with Crippen molar-refractivity contribution in [2.75, 3.05) is 13.1 Å². The second kappa shape index (κ2) is 7.95. The van der Waals surface area contributed by atoms with Crippen molar-refractivity contribution >= 4 is 41.5 Å². The van der Waals surface area contributed by atoms with Gasteiger partial charge in [-0.1, -0.05) is 35.3 Å². The molecule has 2 N–H and O–H groups in total. The molecule has 1 heterocycles. The average Bonchev–Trinajstić information content (AvgIpc) is 2.41. The van der Waals surface area contributed by atoms with E-state index in [1.54, 1.807) is 6.07 Å². The standard InChI is InChI=1S/C13H16Cl2N2O.ClH/c14-11-5-1-3-9(12(11)15)8-17-13(18)10-4-2-6-16-7-10;/h1,3,5,10,16H,2,4,6-8H2,(H,17,18);1H. The maximum atomic E-state index is 11.9. The molecule has 1 fully saturated rings. The Kier molecular flexibility index (Phi) is 6.94. The number of benzene rings is 1. The van der Waals surface area contributed by atoms with E-state index in [1.165, 1.54) is 0 Å². The molecule has 6 heteroatoms. The lowest BCUT2D eigenvalue weighted by molar-refractivity contribution is -0.125. The largest absolute Gasteiger partial charge is 0.352 e. The summed E-state index contributed by atoms with van der Waals surface area (Å²) in [7, 11) is 0. The summed E-state index contributed by atoms with van der Waals surface area (Å²) in [4.78, 5) is 11.9. The number of hydrogen-bond acceptors (Lipinski definition) is 2. The van der Waals surface area contributed by atoms with Crippen LogP contribution in [-0.2, 0) is 11.3 Å². The number of carbonyl (C=O) groups is 1. The topological polar surface area (TPSA) is 41.1 Å². The van der Waals surface area contributed by atoms with Crippen molar-refractivity contribution in [1.29, 1.82) is 0 Å². The van der Waals surface area contributed by atoms with Crippen molar-refractivity contribution in [2.24, 2.45) is 5.92 Å². The smallest absolute Gasteiger partial charge is 0.224 e. The molecule has 1 aromatic rings. The van der Waals surface area contributed by atoms with Gasteiger partial charge < -0.3 is 10.6 Å². The molecule has 0 aromatic heterocycles. The summed E-state index contributed by atoms with van der Waals surface area (Å²) in [6.45, 7) is 2.19. The molecule has 1 atom stereocenters. The lowest BCUT2D eigenvalue weighted by atomic mass is 9.99. The van der Waals surface area contributed by atoms with Gasteiger partial charge in [-0.3, -0.25) is 4.79 Å². The van der Waals surface area contributed by atoms with Crippen molar-refractivity contribution < 1.29 is 4.79 Å². The average molecular weight is 324 g/mol. The van der Waals surface area contributed by atoms with E-state index in [1.807, 2.05) is 12.1 Å². The van der Waals surface area contributed by atoms with E-state index in [2.05, 4.69) is 10.6 Å². The van der Waals surface area contributed by atoms with Crippen molar-refractivity contribution in [3.63, 3.8) is 0 Å². The number of amides is 1. The third-order valence-electron chi connectivity index (χ3n) is 3.15. The number of nitrogens with one attached hydrogen (secondary N) is 2. The summed E-state index contributed by atoms with van der Waals surface area (Å²) in [5.41, 5.74) is 0.848. The van der Waals surface area contributed by atoms with Gasteiger partial charge in [-0.05, 0) is 31.0 Å². The predicted octanol–water partition coefficient (Wildman–Crippen LogP) is 3.03. The fourth-order valence-corrected chi connectivity index (χ4v) is 2.47. The Hall–Kier alpha value is -0.480. The summed E-state index contributed by atoms with van der Waals surface area (Å²) in [6.07, 6.45) is 2.00. The monoisotopic (exact) mass is 322 g/mol. The molecule has 1 aliphatic heterocycles. The van der Waals surface area contributed by atoms with Gasteiger partial charge in [0.15, 0.2) is 0 Å². The van der Waals surface area contributed by atoms with Gasteiger partial charge in [-0.15, -0.1) is 12.4 Å². The number of hydrogen-bond donors (Lipinski definition) is 2. The maximum absolute atomic E-state index is 11.9. The highest BCUT2D eigenvalue weighted by Gasteiger charge is 2.20. The van der Waals surface area contributed by atoms with Crippen molar-refractivity contribution in [2.45, 2.75) is 19.4 Å². The first kappa shape index (κ1) is 16.6. The number of carbonyl (C=O) groups excluding carboxylic acids is 1. The van der Waals surface area contributed by atoms with Gasteiger partial charge in [-0.2, -0.15) is 0 Å². The van der Waals surface area contributed by atoms with Crippen LogP contribution < -0.4 is 10.6 Å². The van der Waals surface area contributed by atoms with E-state index < -0.39 is 0 Å². The maximum Gasteiger partial charge on any atom is 0.224 e. The number of rotatable bonds is 3. The molecule has 0 spiro atoms. The van der Waals surface area contributed by atoms with Crippen LogP contribution in [0.2, 0.25) is 10.0 Å². The van der Waals surface area contributed by atoms with Crippen molar-refractivity contribution in [3.05, 3.63) is 33.8 Å². The van der Waals surface area contributed by atoms with Gasteiger partial charge in [-0.25, -0.2) is 0 Å². The van der Waals surface area contributed by atoms with Gasteiger partial charge in [0, 0.05) is 13.1 Å². The molecule has 1 unspecified atom stereocenters. The molecule has 106 valence electrons. The summed E-state index contributed by atoms with van der Waals surface area (Å²) in [5.74, 6) is 0.148. The lowest BCUT2D eigenvalue weighted by Gasteiger charge is -2.22. The molecule has 2 rings (SSSR count). The van der Waals surface area contributed by atoms with Crippen LogP contribution in [0.4, 0.5) is 0 Å². The summed E-state index contributed by atoms with van der Waals surface area (Å²) in [6, 6.07) is 5.44. The minimum Gasteiger partial charge on any atom is -0.352 e. The second-order valence-electron chi connectivity index (χ2n) is 4.47. The Morgan fingerprint density at radius 3 is 2.89 bits per heavy atom. The van der Waals surface area contributed by atoms with Crippen LogP contribution in [-0.4, -0.2) is 19.0 Å². The van der Waals surface area contributed by atoms with Crippen LogP contribution in [0, 0.1) is 5.92 Å². The van der Waals surface area contributed by atoms with Gasteiger partial charge in [0.25, 0.3) is 0 Å². The minimum absolute atomic E-state index is 0. The van der Waals surface area contributed by atoms with Crippen LogP contribution >= 0.6 is 35.6 Å². The predicted molar refractivity (Wildman–Crippen MR) is 81.2 cm³/mol. The van der Waals surface area contributed by atoms with Crippen molar-refractivity contribution in [1.82, 2.24) is 10.6 Å². The van der Waals surface area contributed by atoms with Gasteiger partial charge >= 0.3 is 0 Å². The molecule has 0 radical (unpaired) electrons. The second-order valence-corrected chi connectivity index (χ2v) is 5.26. The molecule has 1 aliphatic rings. The van der Waals surface area contributed by atoms with E-state index in [4.69, 9.17) is 23.2 Å². The third kappa shape index (κ3) is 4.53. The van der Waals surface area contributed by atoms with E-state index >= 15 is 0 Å². The van der Waals surface area contributed by atoms with E-state index in [0.29, 0.717) is 16.6 Å². The zero-order chi connectivity index (χ0) is 13.0. The summed E-state index contributed by atoms with van der Waals surface area (Å²) < 4.78 is 0. The minimum atomic E-state index is 0. The molecule has 1 aromatic carbocycles. The first-order valence-electron chi connectivity index (χ1n) is 6.10. The molecular formula is C13H17Cl3N2O. The molecule has 19 heavy (non-hydrogen) atoms. The molecule has 1 saturated heterocycles. The highest BCUT2D eigenvalue weighted by molar-refractivity contribution is 6.42. The number of halogens is 3. The molecule has 1 amide bonds. The third-order valence-corrected chi connectivity index (χ3v) is 4.01. The Balaban J connectivity index is 0.00000180. The van der Waals surface area contributed by atoms with E-state index in [9.17, 15) is 4.79 Å². The van der Waals surface area contributed by atoms with Crippen LogP contribution in [0.25, 0.3) is 0 Å². The van der Waals surface area contributed by atoms with Gasteiger partial charge in [0.05, 0.1) is 16.0 Å².